The van der Waals surface area contributed by atoms with Gasteiger partial charge in [-0.3, -0.25) is 4.79 Å². The zero-order chi connectivity index (χ0) is 19.3. The van der Waals surface area contributed by atoms with Crippen LogP contribution in [-0.2, 0) is 30.5 Å². The Hall–Kier alpha value is -1.88. The number of rotatable bonds is 7. The van der Waals surface area contributed by atoms with Crippen molar-refractivity contribution < 1.29 is 9.53 Å². The highest BCUT2D eigenvalue weighted by atomic mass is 32.1. The molecule has 0 fully saturated rings. The number of amides is 1. The summed E-state index contributed by atoms with van der Waals surface area (Å²) in [7, 11) is 1.70. The Kier molecular flexibility index (Phi) is 6.30. The van der Waals surface area contributed by atoms with Gasteiger partial charge in [-0.05, 0) is 80.5 Å². The van der Waals surface area contributed by atoms with Gasteiger partial charge in [0, 0.05) is 24.3 Å². The fourth-order valence-corrected chi connectivity index (χ4v) is 5.70. The van der Waals surface area contributed by atoms with Crippen LogP contribution in [0.3, 0.4) is 0 Å². The molecule has 28 heavy (non-hydrogen) atoms. The third kappa shape index (κ3) is 4.57. The number of aromatic nitrogens is 1. The van der Waals surface area contributed by atoms with Gasteiger partial charge in [0.2, 0.25) is 5.91 Å². The monoisotopic (exact) mass is 398 g/mol. The van der Waals surface area contributed by atoms with E-state index in [1.54, 1.807) is 7.11 Å². The van der Waals surface area contributed by atoms with Crippen LogP contribution in [-0.4, -0.2) is 24.5 Å². The van der Waals surface area contributed by atoms with E-state index >= 15 is 0 Å². The summed E-state index contributed by atoms with van der Waals surface area (Å²) in [6, 6.07) is 6.30. The van der Waals surface area contributed by atoms with Gasteiger partial charge in [-0.15, -0.1) is 11.3 Å². The third-order valence-electron chi connectivity index (χ3n) is 6.00. The number of hydrogen-bond acceptors (Lipinski definition) is 4. The standard InChI is InChI=1S/C23H30N2O2S/c1-27-18-11-12-19-16(14-18)6-4-7-17(19)15-22(26)24-13-5-10-23-25-20-8-2-3-9-21(20)28-23/h11-12,14,17H,2-10,13,15H2,1H3,(H,24,26). The summed E-state index contributed by atoms with van der Waals surface area (Å²) in [5, 5.41) is 4.38. The molecule has 0 saturated carbocycles. The Morgan fingerprint density at radius 3 is 3.00 bits per heavy atom. The van der Waals surface area contributed by atoms with Gasteiger partial charge in [-0.25, -0.2) is 4.98 Å². The number of hydrogen-bond donors (Lipinski definition) is 1. The van der Waals surface area contributed by atoms with Crippen LogP contribution < -0.4 is 10.1 Å². The number of carbonyl (C=O) groups excluding carboxylic acids is 1. The first kappa shape index (κ1) is 19.4. The molecule has 0 radical (unpaired) electrons. The van der Waals surface area contributed by atoms with Crippen molar-refractivity contribution in [3.05, 3.63) is 44.9 Å². The van der Waals surface area contributed by atoms with Gasteiger partial charge in [0.15, 0.2) is 0 Å². The number of carbonyl (C=O) groups is 1. The first-order valence-electron chi connectivity index (χ1n) is 10.6. The van der Waals surface area contributed by atoms with Gasteiger partial charge in [0.25, 0.3) is 0 Å². The summed E-state index contributed by atoms with van der Waals surface area (Å²) in [5.74, 6) is 1.42. The molecule has 2 aliphatic rings. The number of aryl methyl sites for hydroxylation is 4. The molecule has 2 aromatic rings. The van der Waals surface area contributed by atoms with E-state index in [0.29, 0.717) is 12.3 Å². The lowest BCUT2D eigenvalue weighted by Crippen LogP contribution is -2.27. The number of thiazole rings is 1. The second-order valence-corrected chi connectivity index (χ2v) is 9.16. The van der Waals surface area contributed by atoms with Gasteiger partial charge in [0.1, 0.15) is 5.75 Å². The van der Waals surface area contributed by atoms with Crippen LogP contribution in [0.15, 0.2) is 18.2 Å². The first-order chi connectivity index (χ1) is 13.7. The van der Waals surface area contributed by atoms with E-state index in [4.69, 9.17) is 9.72 Å². The van der Waals surface area contributed by atoms with Crippen LogP contribution >= 0.6 is 11.3 Å². The number of fused-ring (bicyclic) bond motifs is 2. The lowest BCUT2D eigenvalue weighted by molar-refractivity contribution is -0.121. The summed E-state index contributed by atoms with van der Waals surface area (Å²) in [6.45, 7) is 0.741. The smallest absolute Gasteiger partial charge is 0.220 e. The van der Waals surface area contributed by atoms with Crippen LogP contribution in [0.25, 0.3) is 0 Å². The van der Waals surface area contributed by atoms with Crippen LogP contribution in [0.1, 0.15) is 71.1 Å². The molecule has 1 unspecified atom stereocenters. The minimum absolute atomic E-state index is 0.173. The highest BCUT2D eigenvalue weighted by molar-refractivity contribution is 7.11. The quantitative estimate of drug-likeness (QED) is 0.694. The molecule has 1 aromatic carbocycles. The molecule has 1 N–H and O–H groups in total. The lowest BCUT2D eigenvalue weighted by atomic mass is 9.81. The molecule has 0 bridgehead atoms. The molecule has 0 spiro atoms. The van der Waals surface area contributed by atoms with Crippen molar-refractivity contribution in [2.24, 2.45) is 0 Å². The number of benzene rings is 1. The van der Waals surface area contributed by atoms with Crippen molar-refractivity contribution in [2.45, 2.75) is 70.1 Å². The van der Waals surface area contributed by atoms with E-state index in [0.717, 1.165) is 50.8 Å². The van der Waals surface area contributed by atoms with E-state index in [9.17, 15) is 4.79 Å². The van der Waals surface area contributed by atoms with Crippen molar-refractivity contribution in [2.75, 3.05) is 13.7 Å². The SMILES string of the molecule is COc1ccc2c(c1)CCCC2CC(=O)NCCCc1nc2c(s1)CCCC2. The molecule has 0 aliphatic heterocycles. The van der Waals surface area contributed by atoms with Crippen molar-refractivity contribution in [3.8, 4) is 5.75 Å². The molecular formula is C23H30N2O2S. The fourth-order valence-electron chi connectivity index (χ4n) is 4.51. The van der Waals surface area contributed by atoms with Crippen LogP contribution in [0, 0.1) is 0 Å². The molecule has 0 saturated heterocycles. The normalized spacial score (nSPS) is 18.2. The maximum atomic E-state index is 12.5. The van der Waals surface area contributed by atoms with Gasteiger partial charge in [0.05, 0.1) is 17.8 Å². The largest absolute Gasteiger partial charge is 0.497 e. The summed E-state index contributed by atoms with van der Waals surface area (Å²) in [6.07, 6.45) is 10.8. The highest BCUT2D eigenvalue weighted by Crippen LogP contribution is 2.35. The Bertz CT molecular complexity index is 807. The summed E-state index contributed by atoms with van der Waals surface area (Å²) < 4.78 is 5.34. The van der Waals surface area contributed by atoms with Crippen LogP contribution in [0.5, 0.6) is 5.75 Å². The average molecular weight is 399 g/mol. The third-order valence-corrected chi connectivity index (χ3v) is 7.22. The Balaban J connectivity index is 1.23. The lowest BCUT2D eigenvalue weighted by Gasteiger charge is -2.25. The fraction of sp³-hybridized carbons (Fsp3) is 0.565. The molecule has 150 valence electrons. The van der Waals surface area contributed by atoms with Crippen molar-refractivity contribution in [3.63, 3.8) is 0 Å². The maximum Gasteiger partial charge on any atom is 0.220 e. The van der Waals surface area contributed by atoms with Crippen molar-refractivity contribution >= 4 is 17.2 Å². The van der Waals surface area contributed by atoms with Gasteiger partial charge >= 0.3 is 0 Å². The van der Waals surface area contributed by atoms with Crippen molar-refractivity contribution in [1.82, 2.24) is 10.3 Å². The van der Waals surface area contributed by atoms with E-state index in [2.05, 4.69) is 17.4 Å². The maximum absolute atomic E-state index is 12.5. The predicted octanol–water partition coefficient (Wildman–Crippen LogP) is 4.59. The summed E-state index contributed by atoms with van der Waals surface area (Å²) >= 11 is 1.88. The predicted molar refractivity (Wildman–Crippen MR) is 113 cm³/mol. The summed E-state index contributed by atoms with van der Waals surface area (Å²) in [4.78, 5) is 18.8. The first-order valence-corrected chi connectivity index (χ1v) is 11.5. The van der Waals surface area contributed by atoms with Gasteiger partial charge in [-0.2, -0.15) is 0 Å². The minimum Gasteiger partial charge on any atom is -0.497 e. The van der Waals surface area contributed by atoms with E-state index in [1.807, 2.05) is 17.4 Å². The minimum atomic E-state index is 0.173. The summed E-state index contributed by atoms with van der Waals surface area (Å²) in [5.41, 5.74) is 4.01. The van der Waals surface area contributed by atoms with E-state index < -0.39 is 0 Å². The van der Waals surface area contributed by atoms with Gasteiger partial charge < -0.3 is 10.1 Å². The van der Waals surface area contributed by atoms with Gasteiger partial charge in [-0.1, -0.05) is 6.07 Å². The Labute approximate surface area is 171 Å². The van der Waals surface area contributed by atoms with E-state index in [-0.39, 0.29) is 5.91 Å². The van der Waals surface area contributed by atoms with Crippen LogP contribution in [0.2, 0.25) is 0 Å². The molecule has 1 heterocycles. The molecule has 1 atom stereocenters. The van der Waals surface area contributed by atoms with Crippen LogP contribution in [0.4, 0.5) is 0 Å². The molecule has 4 nitrogen and oxygen atoms in total. The second-order valence-electron chi connectivity index (χ2n) is 8.00. The van der Waals surface area contributed by atoms with Crippen molar-refractivity contribution in [1.29, 1.82) is 0 Å². The molecular weight excluding hydrogens is 368 g/mol. The average Bonchev–Trinajstić information content (AvgIpc) is 3.14. The molecule has 2 aliphatic carbocycles. The number of nitrogens with one attached hydrogen (secondary N) is 1. The topological polar surface area (TPSA) is 51.2 Å². The Morgan fingerprint density at radius 2 is 2.14 bits per heavy atom. The highest BCUT2D eigenvalue weighted by Gasteiger charge is 2.23. The molecule has 1 aromatic heterocycles. The Morgan fingerprint density at radius 1 is 1.25 bits per heavy atom. The number of ether oxygens (including phenoxy) is 1. The number of nitrogens with zero attached hydrogens (tertiary/aromatic N) is 1. The molecule has 1 amide bonds. The second kappa shape index (κ2) is 9.08. The zero-order valence-electron chi connectivity index (χ0n) is 16.8. The zero-order valence-corrected chi connectivity index (χ0v) is 17.6. The molecule has 5 heteroatoms. The number of methoxy groups -OCH3 is 1. The van der Waals surface area contributed by atoms with E-state index in [1.165, 1.54) is 46.0 Å². The molecule has 4 rings (SSSR count).